The number of amides is 1. The predicted molar refractivity (Wildman–Crippen MR) is 91.7 cm³/mol. The van der Waals surface area contributed by atoms with E-state index in [1.54, 1.807) is 20.3 Å². The third kappa shape index (κ3) is 5.04. The molecule has 132 valence electrons. The van der Waals surface area contributed by atoms with Crippen LogP contribution < -0.4 is 14.8 Å². The molecule has 0 fully saturated rings. The van der Waals surface area contributed by atoms with Gasteiger partial charge in [0.05, 0.1) is 14.2 Å². The summed E-state index contributed by atoms with van der Waals surface area (Å²) in [5.74, 6) is -1.06. The molecule has 2 aromatic rings. The van der Waals surface area contributed by atoms with Crippen LogP contribution in [0.25, 0.3) is 6.08 Å². The molecule has 0 aliphatic heterocycles. The minimum Gasteiger partial charge on any atom is -0.493 e. The van der Waals surface area contributed by atoms with Crippen LogP contribution in [-0.4, -0.2) is 26.7 Å². The summed E-state index contributed by atoms with van der Waals surface area (Å²) in [5.41, 5.74) is 0.994. The number of carbonyl (C=O) groups excluding carboxylic acids is 1. The summed E-state index contributed by atoms with van der Waals surface area (Å²) in [5, 5.41) is 2.69. The number of carbonyl (C=O) groups is 1. The lowest BCUT2D eigenvalue weighted by atomic mass is 10.1. The molecule has 0 unspecified atom stereocenters. The van der Waals surface area contributed by atoms with Gasteiger partial charge in [0, 0.05) is 18.2 Å². The predicted octanol–water partition coefficient (Wildman–Crippen LogP) is 3.35. The van der Waals surface area contributed by atoms with Crippen LogP contribution in [0.5, 0.6) is 11.5 Å². The Balaban J connectivity index is 1.88. The van der Waals surface area contributed by atoms with E-state index >= 15 is 0 Å². The number of hydrogen-bond acceptors (Lipinski definition) is 3. The van der Waals surface area contributed by atoms with E-state index in [9.17, 15) is 13.6 Å². The fraction of sp³-hybridized carbons (Fsp3) is 0.211. The average Bonchev–Trinajstić information content (AvgIpc) is 2.62. The third-order valence-electron chi connectivity index (χ3n) is 3.56. The van der Waals surface area contributed by atoms with Crippen LogP contribution in [0.15, 0.2) is 42.5 Å². The number of methoxy groups -OCH3 is 2. The van der Waals surface area contributed by atoms with Crippen molar-refractivity contribution in [2.45, 2.75) is 6.42 Å². The molecule has 0 heterocycles. The van der Waals surface area contributed by atoms with Gasteiger partial charge in [-0.05, 0) is 36.3 Å². The van der Waals surface area contributed by atoms with Crippen molar-refractivity contribution in [1.82, 2.24) is 5.32 Å². The van der Waals surface area contributed by atoms with E-state index < -0.39 is 11.6 Å². The highest BCUT2D eigenvalue weighted by Gasteiger charge is 2.06. The molecule has 2 rings (SSSR count). The number of rotatable bonds is 7. The van der Waals surface area contributed by atoms with Gasteiger partial charge >= 0.3 is 0 Å². The van der Waals surface area contributed by atoms with Crippen molar-refractivity contribution < 1.29 is 23.0 Å². The van der Waals surface area contributed by atoms with Crippen LogP contribution in [0.1, 0.15) is 11.1 Å². The van der Waals surface area contributed by atoms with Crippen LogP contribution in [-0.2, 0) is 11.2 Å². The number of nitrogens with one attached hydrogen (secondary N) is 1. The third-order valence-corrected chi connectivity index (χ3v) is 3.56. The quantitative estimate of drug-likeness (QED) is 0.782. The Bertz CT molecular complexity index is 775. The molecule has 1 N–H and O–H groups in total. The van der Waals surface area contributed by atoms with E-state index in [0.717, 1.165) is 11.6 Å². The Morgan fingerprint density at radius 1 is 1.12 bits per heavy atom. The largest absolute Gasteiger partial charge is 0.493 e. The zero-order chi connectivity index (χ0) is 18.2. The first-order valence-electron chi connectivity index (χ1n) is 7.66. The molecular formula is C19H19F2NO3. The first-order chi connectivity index (χ1) is 12.0. The molecule has 0 saturated heterocycles. The van der Waals surface area contributed by atoms with Gasteiger partial charge in [-0.1, -0.05) is 18.2 Å². The fourth-order valence-electron chi connectivity index (χ4n) is 2.24. The maximum atomic E-state index is 13.5. The Morgan fingerprint density at radius 2 is 1.88 bits per heavy atom. The van der Waals surface area contributed by atoms with E-state index in [4.69, 9.17) is 9.47 Å². The highest BCUT2D eigenvalue weighted by molar-refractivity contribution is 5.91. The van der Waals surface area contributed by atoms with Crippen molar-refractivity contribution in [3.8, 4) is 11.5 Å². The Morgan fingerprint density at radius 3 is 2.60 bits per heavy atom. The lowest BCUT2D eigenvalue weighted by molar-refractivity contribution is -0.116. The molecule has 6 heteroatoms. The topological polar surface area (TPSA) is 47.6 Å². The number of ether oxygens (including phenoxy) is 2. The highest BCUT2D eigenvalue weighted by Crippen LogP contribution is 2.27. The molecule has 4 nitrogen and oxygen atoms in total. The standard InChI is InChI=1S/C19H19F2NO3/c1-24-16-8-6-13(12-17(16)25-2)10-11-22-18(23)9-7-14-4-3-5-15(20)19(14)21/h3-9,12H,10-11H2,1-2H3,(H,22,23)/b9-7+. The Kier molecular flexibility index (Phi) is 6.51. The molecule has 25 heavy (non-hydrogen) atoms. The van der Waals surface area contributed by atoms with Crippen molar-refractivity contribution in [2.24, 2.45) is 0 Å². The van der Waals surface area contributed by atoms with Gasteiger partial charge < -0.3 is 14.8 Å². The summed E-state index contributed by atoms with van der Waals surface area (Å²) in [4.78, 5) is 11.8. The summed E-state index contributed by atoms with van der Waals surface area (Å²) < 4.78 is 36.9. The first kappa shape index (κ1) is 18.4. The monoisotopic (exact) mass is 347 g/mol. The molecule has 0 aromatic heterocycles. The van der Waals surface area contributed by atoms with Crippen molar-refractivity contribution in [1.29, 1.82) is 0 Å². The molecular weight excluding hydrogens is 328 g/mol. The van der Waals surface area contributed by atoms with E-state index in [1.807, 2.05) is 12.1 Å². The maximum absolute atomic E-state index is 13.5. The fourth-order valence-corrected chi connectivity index (χ4v) is 2.24. The van der Waals surface area contributed by atoms with Crippen LogP contribution in [0.3, 0.4) is 0 Å². The number of hydrogen-bond donors (Lipinski definition) is 1. The molecule has 2 aromatic carbocycles. The van der Waals surface area contributed by atoms with Gasteiger partial charge in [-0.15, -0.1) is 0 Å². The van der Waals surface area contributed by atoms with Gasteiger partial charge in [0.25, 0.3) is 0 Å². The first-order valence-corrected chi connectivity index (χ1v) is 7.66. The summed E-state index contributed by atoms with van der Waals surface area (Å²) in [6.07, 6.45) is 3.00. The zero-order valence-corrected chi connectivity index (χ0v) is 14.0. The van der Waals surface area contributed by atoms with Gasteiger partial charge in [0.1, 0.15) is 0 Å². The van der Waals surface area contributed by atoms with Crippen LogP contribution in [0.2, 0.25) is 0 Å². The average molecular weight is 347 g/mol. The van der Waals surface area contributed by atoms with E-state index in [-0.39, 0.29) is 11.5 Å². The maximum Gasteiger partial charge on any atom is 0.244 e. The molecule has 0 spiro atoms. The second-order valence-corrected chi connectivity index (χ2v) is 5.21. The minimum absolute atomic E-state index is 0.0232. The molecule has 0 aliphatic rings. The second-order valence-electron chi connectivity index (χ2n) is 5.21. The lowest BCUT2D eigenvalue weighted by Crippen LogP contribution is -2.23. The summed E-state index contributed by atoms with van der Waals surface area (Å²) in [6.45, 7) is 0.393. The van der Waals surface area contributed by atoms with E-state index in [2.05, 4.69) is 5.32 Å². The Labute approximate surface area is 145 Å². The zero-order valence-electron chi connectivity index (χ0n) is 14.0. The van der Waals surface area contributed by atoms with Crippen molar-refractivity contribution >= 4 is 12.0 Å². The Hall–Kier alpha value is -2.89. The van der Waals surface area contributed by atoms with Crippen LogP contribution in [0.4, 0.5) is 8.78 Å². The van der Waals surface area contributed by atoms with E-state index in [1.165, 1.54) is 24.3 Å². The summed E-state index contributed by atoms with van der Waals surface area (Å²) in [6, 6.07) is 9.31. The van der Waals surface area contributed by atoms with Crippen molar-refractivity contribution in [3.05, 3.63) is 65.2 Å². The highest BCUT2D eigenvalue weighted by atomic mass is 19.2. The van der Waals surface area contributed by atoms with Crippen molar-refractivity contribution in [2.75, 3.05) is 20.8 Å². The van der Waals surface area contributed by atoms with Crippen LogP contribution >= 0.6 is 0 Å². The number of benzene rings is 2. The van der Waals surface area contributed by atoms with Gasteiger partial charge in [0.15, 0.2) is 23.1 Å². The van der Waals surface area contributed by atoms with E-state index in [0.29, 0.717) is 24.5 Å². The van der Waals surface area contributed by atoms with Gasteiger partial charge in [-0.2, -0.15) is 0 Å². The summed E-state index contributed by atoms with van der Waals surface area (Å²) >= 11 is 0. The summed E-state index contributed by atoms with van der Waals surface area (Å²) in [7, 11) is 3.12. The van der Waals surface area contributed by atoms with Gasteiger partial charge in [0.2, 0.25) is 5.91 Å². The minimum atomic E-state index is -0.975. The molecule has 0 saturated carbocycles. The van der Waals surface area contributed by atoms with Gasteiger partial charge in [-0.3, -0.25) is 4.79 Å². The molecule has 0 atom stereocenters. The molecule has 0 aliphatic carbocycles. The second kappa shape index (κ2) is 8.82. The van der Waals surface area contributed by atoms with Crippen LogP contribution in [0, 0.1) is 11.6 Å². The molecule has 0 bridgehead atoms. The smallest absolute Gasteiger partial charge is 0.244 e. The SMILES string of the molecule is COc1ccc(CCNC(=O)/C=C/c2cccc(F)c2F)cc1OC. The van der Waals surface area contributed by atoms with Crippen molar-refractivity contribution in [3.63, 3.8) is 0 Å². The number of halogens is 2. The molecule has 0 radical (unpaired) electrons. The van der Waals surface area contributed by atoms with Gasteiger partial charge in [-0.25, -0.2) is 8.78 Å². The lowest BCUT2D eigenvalue weighted by Gasteiger charge is -2.09. The normalized spacial score (nSPS) is 10.7. The molecule has 1 amide bonds.